The Morgan fingerprint density at radius 3 is 2.58 bits per heavy atom. The minimum atomic E-state index is -0.121. The molecule has 0 aliphatic heterocycles. The Kier molecular flexibility index (Phi) is 4.91. The first-order chi connectivity index (χ1) is 11.4. The maximum absolute atomic E-state index is 6.11. The Labute approximate surface area is 150 Å². The SMILES string of the molecule is CC(C)(C)c1nnc(SCc2csc(Cc3ccccc3)n2)n1N. The van der Waals surface area contributed by atoms with Gasteiger partial charge in [-0.15, -0.1) is 21.5 Å². The summed E-state index contributed by atoms with van der Waals surface area (Å²) in [4.78, 5) is 4.71. The monoisotopic (exact) mass is 359 g/mol. The van der Waals surface area contributed by atoms with Crippen molar-refractivity contribution in [2.45, 2.75) is 43.5 Å². The first kappa shape index (κ1) is 17.0. The molecular weight excluding hydrogens is 338 g/mol. The van der Waals surface area contributed by atoms with Crippen molar-refractivity contribution in [1.82, 2.24) is 19.9 Å². The molecule has 0 unspecified atom stereocenters. The van der Waals surface area contributed by atoms with Gasteiger partial charge < -0.3 is 5.84 Å². The Balaban J connectivity index is 1.63. The van der Waals surface area contributed by atoms with Crippen LogP contribution in [0.15, 0.2) is 40.9 Å². The van der Waals surface area contributed by atoms with E-state index in [1.165, 1.54) is 5.56 Å². The highest BCUT2D eigenvalue weighted by Gasteiger charge is 2.23. The van der Waals surface area contributed by atoms with Gasteiger partial charge in [-0.25, -0.2) is 9.66 Å². The van der Waals surface area contributed by atoms with Crippen LogP contribution in [0, 0.1) is 0 Å². The van der Waals surface area contributed by atoms with Gasteiger partial charge in [-0.1, -0.05) is 62.9 Å². The van der Waals surface area contributed by atoms with Crippen LogP contribution in [0.25, 0.3) is 0 Å². The Hall–Kier alpha value is -1.86. The van der Waals surface area contributed by atoms with E-state index in [-0.39, 0.29) is 5.41 Å². The molecule has 7 heteroatoms. The third-order valence-electron chi connectivity index (χ3n) is 3.48. The lowest BCUT2D eigenvalue weighted by Crippen LogP contribution is -2.24. The molecule has 0 radical (unpaired) electrons. The second kappa shape index (κ2) is 6.94. The summed E-state index contributed by atoms with van der Waals surface area (Å²) < 4.78 is 1.59. The second-order valence-corrected chi connectivity index (χ2v) is 8.49. The minimum Gasteiger partial charge on any atom is -0.336 e. The summed E-state index contributed by atoms with van der Waals surface area (Å²) in [6.07, 6.45) is 0.872. The van der Waals surface area contributed by atoms with Crippen molar-refractivity contribution in [2.75, 3.05) is 5.84 Å². The van der Waals surface area contributed by atoms with E-state index in [9.17, 15) is 0 Å². The Morgan fingerprint density at radius 1 is 1.17 bits per heavy atom. The highest BCUT2D eigenvalue weighted by Crippen LogP contribution is 2.26. The van der Waals surface area contributed by atoms with Gasteiger partial charge in [-0.05, 0) is 5.56 Å². The van der Waals surface area contributed by atoms with E-state index in [2.05, 4.69) is 60.6 Å². The molecule has 0 saturated heterocycles. The van der Waals surface area contributed by atoms with E-state index in [1.54, 1.807) is 27.8 Å². The van der Waals surface area contributed by atoms with E-state index in [1.807, 2.05) is 6.07 Å². The Bertz CT molecular complexity index is 802. The van der Waals surface area contributed by atoms with Gasteiger partial charge in [0.25, 0.3) is 0 Å². The maximum Gasteiger partial charge on any atom is 0.210 e. The van der Waals surface area contributed by atoms with Crippen LogP contribution < -0.4 is 5.84 Å². The lowest BCUT2D eigenvalue weighted by atomic mass is 9.96. The van der Waals surface area contributed by atoms with E-state index < -0.39 is 0 Å². The van der Waals surface area contributed by atoms with Gasteiger partial charge in [0.2, 0.25) is 5.16 Å². The number of thiazole rings is 1. The van der Waals surface area contributed by atoms with Crippen LogP contribution in [0.4, 0.5) is 0 Å². The van der Waals surface area contributed by atoms with Gasteiger partial charge >= 0.3 is 0 Å². The summed E-state index contributed by atoms with van der Waals surface area (Å²) in [6.45, 7) is 6.22. The average molecular weight is 360 g/mol. The highest BCUT2D eigenvalue weighted by molar-refractivity contribution is 7.98. The molecule has 2 N–H and O–H groups in total. The van der Waals surface area contributed by atoms with Crippen LogP contribution in [0.2, 0.25) is 0 Å². The molecule has 0 atom stereocenters. The van der Waals surface area contributed by atoms with E-state index in [4.69, 9.17) is 10.8 Å². The molecule has 0 amide bonds. The average Bonchev–Trinajstić information content (AvgIpc) is 3.12. The highest BCUT2D eigenvalue weighted by atomic mass is 32.2. The zero-order valence-corrected chi connectivity index (χ0v) is 15.7. The van der Waals surface area contributed by atoms with E-state index in [0.717, 1.165) is 33.9 Å². The number of benzene rings is 1. The Morgan fingerprint density at radius 2 is 1.92 bits per heavy atom. The lowest BCUT2D eigenvalue weighted by Gasteiger charge is -2.16. The summed E-state index contributed by atoms with van der Waals surface area (Å²) in [5.41, 5.74) is 2.21. The molecule has 24 heavy (non-hydrogen) atoms. The fourth-order valence-corrected chi connectivity index (χ4v) is 3.97. The summed E-state index contributed by atoms with van der Waals surface area (Å²) in [7, 11) is 0. The zero-order chi connectivity index (χ0) is 17.2. The third kappa shape index (κ3) is 3.96. The van der Waals surface area contributed by atoms with E-state index >= 15 is 0 Å². The fraction of sp³-hybridized carbons (Fsp3) is 0.353. The van der Waals surface area contributed by atoms with Crippen molar-refractivity contribution >= 4 is 23.1 Å². The number of hydrogen-bond donors (Lipinski definition) is 1. The third-order valence-corrected chi connectivity index (χ3v) is 5.36. The molecule has 2 aromatic heterocycles. The topological polar surface area (TPSA) is 69.6 Å². The second-order valence-electron chi connectivity index (χ2n) is 6.61. The van der Waals surface area contributed by atoms with Crippen LogP contribution in [-0.2, 0) is 17.6 Å². The number of nitrogens with two attached hydrogens (primary N) is 1. The van der Waals surface area contributed by atoms with Crippen molar-refractivity contribution in [3.05, 3.63) is 57.8 Å². The fourth-order valence-electron chi connectivity index (χ4n) is 2.29. The van der Waals surface area contributed by atoms with Crippen LogP contribution >= 0.6 is 23.1 Å². The molecule has 0 bridgehead atoms. The largest absolute Gasteiger partial charge is 0.336 e. The molecule has 1 aromatic carbocycles. The molecule has 3 aromatic rings. The molecule has 0 aliphatic carbocycles. The molecule has 3 rings (SSSR count). The standard InChI is InChI=1S/C17H21N5S2/c1-17(2,3)15-20-21-16(22(15)18)24-11-13-10-23-14(19-13)9-12-7-5-4-6-8-12/h4-8,10H,9,11,18H2,1-3H3. The quantitative estimate of drug-likeness (QED) is 0.556. The number of nitrogens with zero attached hydrogens (tertiary/aromatic N) is 4. The summed E-state index contributed by atoms with van der Waals surface area (Å²) in [6, 6.07) is 10.4. The lowest BCUT2D eigenvalue weighted by molar-refractivity contribution is 0.523. The molecule has 0 saturated carbocycles. The number of aromatic nitrogens is 4. The minimum absolute atomic E-state index is 0.121. The predicted molar refractivity (Wildman–Crippen MR) is 99.8 cm³/mol. The molecule has 0 aliphatic rings. The summed E-state index contributed by atoms with van der Waals surface area (Å²) >= 11 is 3.26. The maximum atomic E-state index is 6.11. The summed E-state index contributed by atoms with van der Waals surface area (Å²) in [5, 5.41) is 12.4. The molecule has 126 valence electrons. The molecule has 5 nitrogen and oxygen atoms in total. The van der Waals surface area contributed by atoms with Crippen LogP contribution in [0.1, 0.15) is 42.9 Å². The van der Waals surface area contributed by atoms with Crippen molar-refractivity contribution in [1.29, 1.82) is 0 Å². The number of thioether (sulfide) groups is 1. The molecule has 0 fully saturated rings. The van der Waals surface area contributed by atoms with E-state index in [0.29, 0.717) is 0 Å². The normalized spacial score (nSPS) is 11.8. The van der Waals surface area contributed by atoms with Gasteiger partial charge in [0, 0.05) is 23.0 Å². The van der Waals surface area contributed by atoms with Crippen LogP contribution in [0.5, 0.6) is 0 Å². The molecule has 2 heterocycles. The van der Waals surface area contributed by atoms with Gasteiger partial charge in [-0.3, -0.25) is 0 Å². The first-order valence-electron chi connectivity index (χ1n) is 7.74. The van der Waals surface area contributed by atoms with Crippen LogP contribution in [0.3, 0.4) is 0 Å². The molecule has 0 spiro atoms. The van der Waals surface area contributed by atoms with Gasteiger partial charge in [0.05, 0.1) is 10.7 Å². The number of rotatable bonds is 5. The van der Waals surface area contributed by atoms with Crippen molar-refractivity contribution in [2.24, 2.45) is 0 Å². The van der Waals surface area contributed by atoms with Gasteiger partial charge in [-0.2, -0.15) is 0 Å². The zero-order valence-electron chi connectivity index (χ0n) is 14.1. The van der Waals surface area contributed by atoms with Crippen LogP contribution in [-0.4, -0.2) is 19.9 Å². The summed E-state index contributed by atoms with van der Waals surface area (Å²) in [5.74, 6) is 7.64. The smallest absolute Gasteiger partial charge is 0.210 e. The van der Waals surface area contributed by atoms with Gasteiger partial charge in [0.1, 0.15) is 0 Å². The van der Waals surface area contributed by atoms with Crippen molar-refractivity contribution in [3.63, 3.8) is 0 Å². The van der Waals surface area contributed by atoms with Crippen molar-refractivity contribution in [3.8, 4) is 0 Å². The molecular formula is C17H21N5S2. The number of nitrogen functional groups attached to an aromatic ring is 1. The predicted octanol–water partition coefficient (Wildman–Crippen LogP) is 3.63. The number of hydrogen-bond acceptors (Lipinski definition) is 6. The first-order valence-corrected chi connectivity index (χ1v) is 9.61. The van der Waals surface area contributed by atoms with Gasteiger partial charge in [0.15, 0.2) is 5.82 Å². The van der Waals surface area contributed by atoms with Crippen molar-refractivity contribution < 1.29 is 0 Å².